The molecule has 0 bridgehead atoms. The first kappa shape index (κ1) is 20.0. The van der Waals surface area contributed by atoms with Crippen LogP contribution in [0.1, 0.15) is 26.3 Å². The second kappa shape index (κ2) is 6.92. The summed E-state index contributed by atoms with van der Waals surface area (Å²) in [6, 6.07) is 25.3. The molecule has 0 unspecified atom stereocenters. The number of nitrogens with zero attached hydrogens (tertiary/aromatic N) is 1. The topological polar surface area (TPSA) is 3.88 Å². The third-order valence-electron chi connectivity index (χ3n) is 8.76. The molecular weight excluding hydrogens is 401 g/mol. The fraction of sp³-hybridized carbons (Fsp3) is 0.276. The Morgan fingerprint density at radius 1 is 0.844 bits per heavy atom. The lowest BCUT2D eigenvalue weighted by molar-refractivity contribution is -0.659. The molecule has 0 atom stereocenters. The van der Waals surface area contributed by atoms with E-state index in [1.54, 1.807) is 10.6 Å². The van der Waals surface area contributed by atoms with Crippen molar-refractivity contribution in [1.29, 1.82) is 0 Å². The summed E-state index contributed by atoms with van der Waals surface area (Å²) >= 11 is 0. The molecule has 3 heteroatoms. The van der Waals surface area contributed by atoms with E-state index in [1.807, 2.05) is 0 Å². The van der Waals surface area contributed by atoms with Crippen LogP contribution in [0.2, 0.25) is 18.1 Å². The van der Waals surface area contributed by atoms with E-state index in [0.29, 0.717) is 6.71 Å². The Morgan fingerprint density at radius 3 is 2.34 bits per heavy atom. The molecule has 0 N–H and O–H groups in total. The van der Waals surface area contributed by atoms with Crippen LogP contribution in [0, 0.1) is 6.92 Å². The predicted octanol–water partition coefficient (Wildman–Crippen LogP) is 4.17. The van der Waals surface area contributed by atoms with Crippen LogP contribution in [-0.4, -0.2) is 14.8 Å². The lowest BCUT2D eigenvalue weighted by atomic mass is 9.36. The van der Waals surface area contributed by atoms with Crippen molar-refractivity contribution in [2.75, 3.05) is 0 Å². The summed E-state index contributed by atoms with van der Waals surface area (Å²) < 4.78 is 2.36. The van der Waals surface area contributed by atoms with Crippen molar-refractivity contribution in [2.45, 2.75) is 45.8 Å². The van der Waals surface area contributed by atoms with Gasteiger partial charge in [-0.2, -0.15) is 0 Å². The quantitative estimate of drug-likeness (QED) is 0.291. The molecule has 0 radical (unpaired) electrons. The van der Waals surface area contributed by atoms with Crippen molar-refractivity contribution in [2.24, 2.45) is 7.05 Å². The lowest BCUT2D eigenvalue weighted by Crippen LogP contribution is -2.56. The maximum Gasteiger partial charge on any atom is 0.245 e. The largest absolute Gasteiger partial charge is 0.245 e. The molecule has 32 heavy (non-hydrogen) atoms. The fourth-order valence-corrected chi connectivity index (χ4v) is 10.4. The van der Waals surface area contributed by atoms with Gasteiger partial charge in [0.2, 0.25) is 12.4 Å². The van der Waals surface area contributed by atoms with Crippen LogP contribution < -0.4 is 26.1 Å². The third kappa shape index (κ3) is 2.38. The smallest absolute Gasteiger partial charge is 0.200 e. The van der Waals surface area contributed by atoms with Gasteiger partial charge in [-0.25, -0.2) is 4.57 Å². The summed E-state index contributed by atoms with van der Waals surface area (Å²) in [5, 5.41) is 4.56. The number of rotatable bonds is 4. The predicted molar refractivity (Wildman–Crippen MR) is 142 cm³/mol. The normalized spacial score (nSPS) is 13.5. The van der Waals surface area contributed by atoms with Crippen LogP contribution in [0.5, 0.6) is 0 Å². The van der Waals surface area contributed by atoms with Gasteiger partial charge in [-0.05, 0) is 34.5 Å². The van der Waals surface area contributed by atoms with Crippen LogP contribution in [-0.2, 0) is 7.05 Å². The summed E-state index contributed by atoms with van der Waals surface area (Å²) in [7, 11) is 0.728. The van der Waals surface area contributed by atoms with Crippen molar-refractivity contribution in [3.63, 3.8) is 0 Å². The summed E-state index contributed by atoms with van der Waals surface area (Å²) in [6.07, 6.45) is 2.28. The van der Waals surface area contributed by atoms with Gasteiger partial charge in [0.15, 0.2) is 6.20 Å². The van der Waals surface area contributed by atoms with E-state index in [1.165, 1.54) is 67.8 Å². The summed E-state index contributed by atoms with van der Waals surface area (Å²) in [5.74, 6) is 0. The number of pyridine rings is 1. The second-order valence-corrected chi connectivity index (χ2v) is 15.1. The molecule has 158 valence electrons. The zero-order chi connectivity index (χ0) is 22.2. The van der Waals surface area contributed by atoms with Crippen LogP contribution in [0.4, 0.5) is 0 Å². The van der Waals surface area contributed by atoms with E-state index in [4.69, 9.17) is 0 Å². The Hall–Kier alpha value is -2.65. The van der Waals surface area contributed by atoms with E-state index < -0.39 is 8.07 Å². The molecular formula is C29H31BNSi+. The molecule has 3 aromatic carbocycles. The van der Waals surface area contributed by atoms with Crippen LogP contribution in [0.25, 0.3) is 33.2 Å². The maximum atomic E-state index is 2.65. The molecule has 1 aromatic heterocycles. The van der Waals surface area contributed by atoms with E-state index >= 15 is 0 Å². The molecule has 6 rings (SSSR count). The van der Waals surface area contributed by atoms with Crippen molar-refractivity contribution in [3.05, 3.63) is 66.4 Å². The van der Waals surface area contributed by atoms with Crippen LogP contribution in [0.15, 0.2) is 60.8 Å². The number of hydrogen-bond donors (Lipinski definition) is 0. The highest BCUT2D eigenvalue weighted by Gasteiger charge is 2.44. The average molecular weight is 432 g/mol. The second-order valence-electron chi connectivity index (χ2n) is 9.88. The van der Waals surface area contributed by atoms with Gasteiger partial charge in [0, 0.05) is 17.0 Å². The minimum atomic E-state index is -1.49. The van der Waals surface area contributed by atoms with Crippen LogP contribution in [0.3, 0.4) is 0 Å². The van der Waals surface area contributed by atoms with Gasteiger partial charge in [0.05, 0.1) is 8.07 Å². The van der Waals surface area contributed by atoms with E-state index in [9.17, 15) is 0 Å². The molecule has 4 aromatic rings. The first-order chi connectivity index (χ1) is 15.5. The average Bonchev–Trinajstić information content (AvgIpc) is 3.16. The lowest BCUT2D eigenvalue weighted by Gasteiger charge is -2.31. The Morgan fingerprint density at radius 2 is 1.59 bits per heavy atom. The van der Waals surface area contributed by atoms with Gasteiger partial charge in [0.1, 0.15) is 7.05 Å². The van der Waals surface area contributed by atoms with Crippen LogP contribution >= 0.6 is 0 Å². The third-order valence-corrected chi connectivity index (χ3v) is 14.3. The van der Waals surface area contributed by atoms with Crippen molar-refractivity contribution >= 4 is 47.1 Å². The van der Waals surface area contributed by atoms with Crippen molar-refractivity contribution in [3.8, 4) is 22.4 Å². The molecule has 0 saturated carbocycles. The summed E-state index contributed by atoms with van der Waals surface area (Å²) in [5.41, 5.74) is 11.7. The molecule has 0 spiro atoms. The number of aromatic nitrogens is 1. The first-order valence-corrected chi connectivity index (χ1v) is 14.9. The minimum Gasteiger partial charge on any atom is -0.200 e. The number of fused-ring (bicyclic) bond motifs is 5. The molecule has 2 aliphatic rings. The molecule has 0 saturated heterocycles. The van der Waals surface area contributed by atoms with Gasteiger partial charge in [-0.1, -0.05) is 104 Å². The molecule has 0 aliphatic carbocycles. The summed E-state index contributed by atoms with van der Waals surface area (Å²) in [4.78, 5) is 0. The number of benzene rings is 3. The maximum absolute atomic E-state index is 2.65. The molecule has 3 heterocycles. The zero-order valence-corrected chi connectivity index (χ0v) is 20.9. The highest BCUT2D eigenvalue weighted by atomic mass is 28.3. The molecule has 0 fully saturated rings. The Balaban J connectivity index is 1.80. The van der Waals surface area contributed by atoms with Gasteiger partial charge >= 0.3 is 0 Å². The standard InChI is InChI=1S/C29H31BNSi/c1-6-32(7-2,8-3)21-17-20-15-16-31(5)29-26-19(4)13-14-23-22-11-9-10-12-24(22)30(28(23)26)25(18-21)27(20)29/h9-18H,6-8H2,1-5H3/q+1. The highest BCUT2D eigenvalue weighted by Crippen LogP contribution is 2.36. The SMILES string of the molecule is CC[Si](CC)(CC)c1cc2c3c([n+](C)ccc3c1)-c1c(C)ccc3c1B2c1ccccc1-3. The fourth-order valence-electron chi connectivity index (χ4n) is 6.78. The Labute approximate surface area is 193 Å². The highest BCUT2D eigenvalue weighted by molar-refractivity contribution is 7.02. The van der Waals surface area contributed by atoms with Gasteiger partial charge in [-0.3, -0.25) is 0 Å². The van der Waals surface area contributed by atoms with E-state index in [0.717, 1.165) is 0 Å². The Kier molecular flexibility index (Phi) is 4.33. The molecule has 0 amide bonds. The van der Waals surface area contributed by atoms with Crippen molar-refractivity contribution < 1.29 is 4.57 Å². The zero-order valence-electron chi connectivity index (χ0n) is 19.9. The summed E-state index contributed by atoms with van der Waals surface area (Å²) in [6.45, 7) is 9.91. The number of aryl methyl sites for hydroxylation is 2. The van der Waals surface area contributed by atoms with E-state index in [-0.39, 0.29) is 0 Å². The first-order valence-electron chi connectivity index (χ1n) is 12.2. The van der Waals surface area contributed by atoms with Gasteiger partial charge in [-0.15, -0.1) is 0 Å². The van der Waals surface area contributed by atoms with E-state index in [2.05, 4.69) is 100 Å². The van der Waals surface area contributed by atoms with Gasteiger partial charge < -0.3 is 0 Å². The van der Waals surface area contributed by atoms with Crippen molar-refractivity contribution in [1.82, 2.24) is 0 Å². The minimum absolute atomic E-state index is 0.353. The molecule has 1 nitrogen and oxygen atoms in total. The number of hydrogen-bond acceptors (Lipinski definition) is 0. The molecule has 2 aliphatic heterocycles. The van der Waals surface area contributed by atoms with Gasteiger partial charge in [0.25, 0.3) is 0 Å². The Bertz CT molecular complexity index is 1410. The monoisotopic (exact) mass is 432 g/mol.